The number of hydrogen-bond donors (Lipinski definition) is 1. The summed E-state index contributed by atoms with van der Waals surface area (Å²) in [6.07, 6.45) is 17.1. The lowest BCUT2D eigenvalue weighted by Gasteiger charge is -2.64. The van der Waals surface area contributed by atoms with Crippen LogP contribution in [0.1, 0.15) is 99.8 Å². The molecule has 0 bridgehead atoms. The first-order valence-corrected chi connectivity index (χ1v) is 13.1. The van der Waals surface area contributed by atoms with Crippen LogP contribution in [0.5, 0.6) is 0 Å². The number of fused-ring (bicyclic) bond motifs is 5. The minimum absolute atomic E-state index is 0.0268. The maximum atomic E-state index is 10.8. The van der Waals surface area contributed by atoms with Crippen LogP contribution in [0.2, 0.25) is 0 Å². The van der Waals surface area contributed by atoms with Gasteiger partial charge >= 0.3 is 0 Å². The molecule has 1 N–H and O–H groups in total. The molecule has 4 aliphatic rings. The Hall–Kier alpha value is -0.820. The van der Waals surface area contributed by atoms with Crippen molar-refractivity contribution in [2.45, 2.75) is 106 Å². The van der Waals surface area contributed by atoms with Crippen molar-refractivity contribution in [1.82, 2.24) is 0 Å². The fourth-order valence-electron chi connectivity index (χ4n) is 9.30. The van der Waals surface area contributed by atoms with Gasteiger partial charge in [0, 0.05) is 0 Å². The predicted molar refractivity (Wildman–Crippen MR) is 133 cm³/mol. The maximum Gasteiger partial charge on any atom is 0.0594 e. The number of aliphatic hydroxyl groups is 1. The molecule has 0 spiro atoms. The number of aliphatic hydroxyl groups excluding tert-OH is 1. The predicted octanol–water partition coefficient (Wildman–Crippen LogP) is 8.11. The first kappa shape index (κ1) is 23.3. The van der Waals surface area contributed by atoms with Crippen LogP contribution in [-0.4, -0.2) is 11.2 Å². The molecule has 8 atom stereocenters. The lowest BCUT2D eigenvalue weighted by Crippen LogP contribution is -2.58. The number of rotatable bonds is 4. The minimum atomic E-state index is -0.145. The average molecular weight is 425 g/mol. The molecule has 0 radical (unpaired) electrons. The van der Waals surface area contributed by atoms with E-state index in [4.69, 9.17) is 0 Å². The van der Waals surface area contributed by atoms with E-state index < -0.39 is 0 Å². The van der Waals surface area contributed by atoms with Crippen molar-refractivity contribution < 1.29 is 5.11 Å². The van der Waals surface area contributed by atoms with Gasteiger partial charge in [-0.25, -0.2) is 0 Å². The van der Waals surface area contributed by atoms with Crippen molar-refractivity contribution in [2.24, 2.45) is 45.3 Å². The molecule has 4 aliphatic carbocycles. The number of hydrogen-bond acceptors (Lipinski definition) is 1. The van der Waals surface area contributed by atoms with Crippen LogP contribution in [0.25, 0.3) is 0 Å². The molecule has 1 nitrogen and oxygen atoms in total. The molecule has 0 saturated heterocycles. The maximum absolute atomic E-state index is 10.8. The van der Waals surface area contributed by atoms with E-state index in [1.54, 1.807) is 0 Å². The van der Waals surface area contributed by atoms with Crippen LogP contribution in [0.3, 0.4) is 0 Å². The van der Waals surface area contributed by atoms with E-state index in [-0.39, 0.29) is 11.5 Å². The van der Waals surface area contributed by atoms with E-state index in [9.17, 15) is 5.11 Å². The van der Waals surface area contributed by atoms with Crippen LogP contribution in [0.15, 0.2) is 36.0 Å². The summed E-state index contributed by atoms with van der Waals surface area (Å²) in [5.41, 5.74) is 4.12. The fraction of sp³-hybridized carbons (Fsp3) is 0.800. The molecule has 3 fully saturated rings. The van der Waals surface area contributed by atoms with E-state index in [0.29, 0.717) is 28.1 Å². The largest absolute Gasteiger partial charge is 0.393 e. The molecule has 0 amide bonds. The fourth-order valence-corrected chi connectivity index (χ4v) is 9.30. The van der Waals surface area contributed by atoms with E-state index in [1.807, 2.05) is 5.57 Å². The molecule has 31 heavy (non-hydrogen) atoms. The molecule has 0 aromatic heterocycles. The zero-order chi connectivity index (χ0) is 22.8. The first-order chi connectivity index (χ1) is 14.4. The van der Waals surface area contributed by atoms with Crippen LogP contribution in [-0.2, 0) is 0 Å². The molecule has 0 aliphatic heterocycles. The zero-order valence-corrected chi connectivity index (χ0v) is 21.4. The normalized spacial score (nSPS) is 47.3. The molecule has 1 unspecified atom stereocenters. The van der Waals surface area contributed by atoms with Gasteiger partial charge in [-0.3, -0.25) is 0 Å². The summed E-state index contributed by atoms with van der Waals surface area (Å²) in [7, 11) is 0. The van der Waals surface area contributed by atoms with Crippen molar-refractivity contribution >= 4 is 0 Å². The molecule has 0 aromatic rings. The summed E-state index contributed by atoms with van der Waals surface area (Å²) in [6, 6.07) is 0. The van der Waals surface area contributed by atoms with Gasteiger partial charge in [0.2, 0.25) is 0 Å². The van der Waals surface area contributed by atoms with Gasteiger partial charge in [0.25, 0.3) is 0 Å². The topological polar surface area (TPSA) is 20.2 Å². The summed E-state index contributed by atoms with van der Waals surface area (Å²) in [6.45, 7) is 21.1. The molecule has 1 heteroatoms. The van der Waals surface area contributed by atoms with E-state index >= 15 is 0 Å². The molecular weight excluding hydrogens is 376 g/mol. The highest BCUT2D eigenvalue weighted by Crippen LogP contribution is 2.73. The lowest BCUT2D eigenvalue weighted by atomic mass is 9.41. The van der Waals surface area contributed by atoms with Crippen molar-refractivity contribution in [3.63, 3.8) is 0 Å². The second kappa shape index (κ2) is 7.61. The van der Waals surface area contributed by atoms with Crippen LogP contribution in [0.4, 0.5) is 0 Å². The summed E-state index contributed by atoms with van der Waals surface area (Å²) < 4.78 is 0. The molecule has 4 rings (SSSR count). The summed E-state index contributed by atoms with van der Waals surface area (Å²) in [4.78, 5) is 0. The highest BCUT2D eigenvalue weighted by molar-refractivity contribution is 5.33. The van der Waals surface area contributed by atoms with Gasteiger partial charge in [0.05, 0.1) is 6.10 Å². The average Bonchev–Trinajstić information content (AvgIpc) is 2.96. The summed E-state index contributed by atoms with van der Waals surface area (Å²) in [5, 5.41) is 10.8. The van der Waals surface area contributed by atoms with Crippen molar-refractivity contribution in [1.29, 1.82) is 0 Å². The lowest BCUT2D eigenvalue weighted by molar-refractivity contribution is -0.131. The van der Waals surface area contributed by atoms with Crippen molar-refractivity contribution in [2.75, 3.05) is 0 Å². The quantitative estimate of drug-likeness (QED) is 0.357. The van der Waals surface area contributed by atoms with E-state index in [2.05, 4.69) is 73.3 Å². The van der Waals surface area contributed by atoms with E-state index in [1.165, 1.54) is 44.9 Å². The third kappa shape index (κ3) is 3.27. The number of allylic oxidation sites excluding steroid dienone is 5. The van der Waals surface area contributed by atoms with Crippen molar-refractivity contribution in [3.05, 3.63) is 36.0 Å². The molecule has 3 saturated carbocycles. The Kier molecular flexibility index (Phi) is 5.73. The standard InChI is InChI=1S/C30H48O/c1-20(2)10-9-11-21(3)22-14-18-30(8)24-12-13-25-27(4,5)26(31)16-17-28(25,6)23(24)15-19-29(22,30)7/h9-10,12,21-23,25-26,31H,1,11,13-19H2,2-8H3/b10-9+/t21-,22-,23+,25?,26+,28-,29+,30-/m1/s1. The van der Waals surface area contributed by atoms with Gasteiger partial charge in [0.1, 0.15) is 0 Å². The Balaban J connectivity index is 1.64. The Bertz CT molecular complexity index is 786. The minimum Gasteiger partial charge on any atom is -0.393 e. The molecule has 0 heterocycles. The Morgan fingerprint density at radius 1 is 1.13 bits per heavy atom. The molecular formula is C30H48O. The zero-order valence-electron chi connectivity index (χ0n) is 21.4. The summed E-state index contributed by atoms with van der Waals surface area (Å²) >= 11 is 0. The van der Waals surface area contributed by atoms with Gasteiger partial charge in [-0.15, -0.1) is 0 Å². The third-order valence-electron chi connectivity index (χ3n) is 11.5. The Morgan fingerprint density at radius 2 is 1.84 bits per heavy atom. The van der Waals surface area contributed by atoms with Gasteiger partial charge < -0.3 is 5.11 Å². The highest BCUT2D eigenvalue weighted by atomic mass is 16.3. The Morgan fingerprint density at radius 3 is 2.52 bits per heavy atom. The van der Waals surface area contributed by atoms with Crippen molar-refractivity contribution in [3.8, 4) is 0 Å². The third-order valence-corrected chi connectivity index (χ3v) is 11.5. The van der Waals surface area contributed by atoms with Gasteiger partial charge in [-0.1, -0.05) is 77.5 Å². The second-order valence-corrected chi connectivity index (χ2v) is 13.3. The molecule has 174 valence electrons. The SMILES string of the molecule is C=C(C)/C=C/C[C@@H](C)[C@H]1CC[C@]2(C)C3=CCC4C(C)(C)[C@@H](O)CC[C@]4(C)[C@H]3CC[C@@]12C. The monoisotopic (exact) mass is 424 g/mol. The first-order valence-electron chi connectivity index (χ1n) is 13.1. The van der Waals surface area contributed by atoms with Gasteiger partial charge in [-0.05, 0) is 104 Å². The van der Waals surface area contributed by atoms with Gasteiger partial charge in [0.15, 0.2) is 0 Å². The smallest absolute Gasteiger partial charge is 0.0594 e. The van der Waals surface area contributed by atoms with E-state index in [0.717, 1.165) is 23.8 Å². The molecule has 0 aromatic carbocycles. The summed E-state index contributed by atoms with van der Waals surface area (Å²) in [5.74, 6) is 2.86. The van der Waals surface area contributed by atoms with Crippen LogP contribution < -0.4 is 0 Å². The second-order valence-electron chi connectivity index (χ2n) is 13.3. The Labute approximate surface area is 192 Å². The highest BCUT2D eigenvalue weighted by Gasteiger charge is 2.65. The van der Waals surface area contributed by atoms with Gasteiger partial charge in [-0.2, -0.15) is 0 Å². The van der Waals surface area contributed by atoms with Crippen LogP contribution >= 0.6 is 0 Å². The van der Waals surface area contributed by atoms with Crippen LogP contribution in [0, 0.1) is 45.3 Å².